The number of H-pyrrole nitrogens is 1. The quantitative estimate of drug-likeness (QED) is 0.249. The zero-order valence-corrected chi connectivity index (χ0v) is 15.6. The molecule has 0 saturated carbocycles. The molecule has 2 aromatic heterocycles. The van der Waals surface area contributed by atoms with Crippen molar-refractivity contribution >= 4 is 29.5 Å². The lowest BCUT2D eigenvalue weighted by atomic mass is 10.1. The SMILES string of the molecule is CCCc1nc(S/C(=C\c2ccc(-c3ccc([N+](=O)[O-])cc3)o2)C(=O)O)n[nH]1. The lowest BCUT2D eigenvalue weighted by Gasteiger charge is -1.98. The van der Waals surface area contributed by atoms with E-state index < -0.39 is 10.9 Å². The zero-order valence-electron chi connectivity index (χ0n) is 14.8. The van der Waals surface area contributed by atoms with Crippen molar-refractivity contribution in [3.63, 3.8) is 0 Å². The maximum atomic E-state index is 11.6. The molecule has 0 aliphatic carbocycles. The lowest BCUT2D eigenvalue weighted by molar-refractivity contribution is -0.384. The predicted molar refractivity (Wildman–Crippen MR) is 103 cm³/mol. The van der Waals surface area contributed by atoms with Gasteiger partial charge in [0.1, 0.15) is 22.3 Å². The number of carboxylic acids is 1. The highest BCUT2D eigenvalue weighted by Crippen LogP contribution is 2.29. The number of nitrogens with one attached hydrogen (secondary N) is 1. The van der Waals surface area contributed by atoms with Gasteiger partial charge in [-0.05, 0) is 42.4 Å². The molecule has 1 aromatic carbocycles. The summed E-state index contributed by atoms with van der Waals surface area (Å²) in [5.41, 5.74) is 0.627. The smallest absolute Gasteiger partial charge is 0.342 e. The number of nitrogens with zero attached hydrogens (tertiary/aromatic N) is 3. The third-order valence-corrected chi connectivity index (χ3v) is 4.55. The Morgan fingerprint density at radius 3 is 2.71 bits per heavy atom. The van der Waals surface area contributed by atoms with Crippen molar-refractivity contribution in [3.05, 3.63) is 63.0 Å². The van der Waals surface area contributed by atoms with Crippen LogP contribution in [0.15, 0.2) is 50.9 Å². The fourth-order valence-corrected chi connectivity index (χ4v) is 3.07. The predicted octanol–water partition coefficient (Wildman–Crippen LogP) is 4.14. The number of aliphatic carboxylic acids is 1. The Hall–Kier alpha value is -3.40. The topological polar surface area (TPSA) is 135 Å². The molecule has 0 amide bonds. The maximum Gasteiger partial charge on any atom is 0.342 e. The number of aryl methyl sites for hydroxylation is 1. The molecule has 0 fully saturated rings. The van der Waals surface area contributed by atoms with Crippen molar-refractivity contribution in [1.29, 1.82) is 0 Å². The Labute approximate surface area is 163 Å². The number of non-ortho nitro benzene ring substituents is 1. The van der Waals surface area contributed by atoms with Crippen LogP contribution in [-0.4, -0.2) is 31.2 Å². The number of carbonyl (C=O) groups is 1. The van der Waals surface area contributed by atoms with Gasteiger partial charge in [-0.1, -0.05) is 6.92 Å². The molecule has 0 atom stereocenters. The third-order valence-electron chi connectivity index (χ3n) is 3.67. The largest absolute Gasteiger partial charge is 0.477 e. The van der Waals surface area contributed by atoms with Crippen LogP contribution in [-0.2, 0) is 11.2 Å². The molecule has 2 heterocycles. The first-order chi connectivity index (χ1) is 13.5. The summed E-state index contributed by atoms with van der Waals surface area (Å²) in [5, 5.41) is 27.3. The van der Waals surface area contributed by atoms with Crippen molar-refractivity contribution in [3.8, 4) is 11.3 Å². The fourth-order valence-electron chi connectivity index (χ4n) is 2.37. The summed E-state index contributed by atoms with van der Waals surface area (Å²) in [6.07, 6.45) is 3.02. The molecule has 3 aromatic rings. The second-order valence-corrected chi connectivity index (χ2v) is 6.75. The minimum Gasteiger partial charge on any atom is -0.477 e. The van der Waals surface area contributed by atoms with Crippen LogP contribution in [0.1, 0.15) is 24.9 Å². The molecule has 10 heteroatoms. The molecule has 3 rings (SSSR count). The number of thioether (sulfide) groups is 1. The molecule has 28 heavy (non-hydrogen) atoms. The standard InChI is InChI=1S/C18H16N4O5S/c1-2-3-16-19-18(21-20-16)28-15(17(23)24)10-13-8-9-14(27-13)11-4-6-12(7-5-11)22(25)26/h4-10H,2-3H2,1H3,(H,23,24)(H,19,20,21)/b15-10-. The summed E-state index contributed by atoms with van der Waals surface area (Å²) in [5.74, 6) is 0.384. The van der Waals surface area contributed by atoms with Gasteiger partial charge in [0.25, 0.3) is 5.69 Å². The van der Waals surface area contributed by atoms with Gasteiger partial charge in [-0.15, -0.1) is 5.10 Å². The zero-order chi connectivity index (χ0) is 20.1. The van der Waals surface area contributed by atoms with E-state index in [1.807, 2.05) is 6.92 Å². The van der Waals surface area contributed by atoms with Gasteiger partial charge in [-0.25, -0.2) is 9.78 Å². The van der Waals surface area contributed by atoms with E-state index in [1.165, 1.54) is 18.2 Å². The Bertz CT molecular complexity index is 1020. The Balaban J connectivity index is 1.79. The average Bonchev–Trinajstić information content (AvgIpc) is 3.31. The highest BCUT2D eigenvalue weighted by atomic mass is 32.2. The highest BCUT2D eigenvalue weighted by molar-refractivity contribution is 8.04. The van der Waals surface area contributed by atoms with Crippen LogP contribution >= 0.6 is 11.8 Å². The highest BCUT2D eigenvalue weighted by Gasteiger charge is 2.15. The molecular weight excluding hydrogens is 384 g/mol. The van der Waals surface area contributed by atoms with E-state index in [2.05, 4.69) is 15.2 Å². The van der Waals surface area contributed by atoms with E-state index in [0.29, 0.717) is 28.1 Å². The van der Waals surface area contributed by atoms with Crippen LogP contribution in [0.3, 0.4) is 0 Å². The number of aromatic nitrogens is 3. The number of hydrogen-bond donors (Lipinski definition) is 2. The number of carboxylic acid groups (broad SMARTS) is 1. The Kier molecular flexibility index (Phi) is 5.90. The number of nitro benzene ring substituents is 1. The molecular formula is C18H16N4O5S. The first-order valence-corrected chi connectivity index (χ1v) is 9.16. The number of hydrogen-bond acceptors (Lipinski definition) is 7. The van der Waals surface area contributed by atoms with Gasteiger partial charge < -0.3 is 9.52 Å². The minimum absolute atomic E-state index is 0.00616. The van der Waals surface area contributed by atoms with Crippen molar-refractivity contribution in [1.82, 2.24) is 15.2 Å². The van der Waals surface area contributed by atoms with Gasteiger partial charge in [0, 0.05) is 30.2 Å². The molecule has 2 N–H and O–H groups in total. The summed E-state index contributed by atoms with van der Waals surface area (Å²) in [4.78, 5) is 26.1. The molecule has 0 bridgehead atoms. The second kappa shape index (κ2) is 8.53. The van der Waals surface area contributed by atoms with Crippen LogP contribution < -0.4 is 0 Å². The molecule has 0 aliphatic rings. The Morgan fingerprint density at radius 1 is 1.32 bits per heavy atom. The van der Waals surface area contributed by atoms with E-state index in [9.17, 15) is 20.0 Å². The summed E-state index contributed by atoms with van der Waals surface area (Å²) >= 11 is 0.922. The van der Waals surface area contributed by atoms with Crippen molar-refractivity contribution in [2.45, 2.75) is 24.9 Å². The summed E-state index contributed by atoms with van der Waals surface area (Å²) in [7, 11) is 0. The fraction of sp³-hybridized carbons (Fsp3) is 0.167. The number of aromatic amines is 1. The van der Waals surface area contributed by atoms with E-state index in [-0.39, 0.29) is 10.6 Å². The third kappa shape index (κ3) is 4.65. The van der Waals surface area contributed by atoms with Crippen LogP contribution in [0.2, 0.25) is 0 Å². The van der Waals surface area contributed by atoms with E-state index in [4.69, 9.17) is 4.42 Å². The molecule has 0 radical (unpaired) electrons. The minimum atomic E-state index is -1.12. The van der Waals surface area contributed by atoms with E-state index in [0.717, 1.165) is 24.6 Å². The first-order valence-electron chi connectivity index (χ1n) is 8.35. The van der Waals surface area contributed by atoms with Crippen molar-refractivity contribution in [2.75, 3.05) is 0 Å². The van der Waals surface area contributed by atoms with E-state index in [1.54, 1.807) is 24.3 Å². The van der Waals surface area contributed by atoms with E-state index >= 15 is 0 Å². The van der Waals surface area contributed by atoms with Gasteiger partial charge in [0.2, 0.25) is 5.16 Å². The molecule has 0 spiro atoms. The van der Waals surface area contributed by atoms with Crippen molar-refractivity contribution < 1.29 is 19.2 Å². The number of benzene rings is 1. The van der Waals surface area contributed by atoms with Crippen LogP contribution in [0.5, 0.6) is 0 Å². The van der Waals surface area contributed by atoms with Gasteiger partial charge in [-0.3, -0.25) is 15.2 Å². The summed E-state index contributed by atoms with van der Waals surface area (Å²) < 4.78 is 5.66. The van der Waals surface area contributed by atoms with Crippen LogP contribution in [0.4, 0.5) is 5.69 Å². The Morgan fingerprint density at radius 2 is 2.07 bits per heavy atom. The van der Waals surface area contributed by atoms with Crippen LogP contribution in [0, 0.1) is 10.1 Å². The molecule has 0 unspecified atom stereocenters. The molecule has 144 valence electrons. The first kappa shape index (κ1) is 19.4. The van der Waals surface area contributed by atoms with Gasteiger partial charge in [-0.2, -0.15) is 0 Å². The van der Waals surface area contributed by atoms with Crippen LogP contribution in [0.25, 0.3) is 17.4 Å². The molecule has 0 aliphatic heterocycles. The second-order valence-electron chi connectivity index (χ2n) is 5.74. The number of rotatable bonds is 8. The van der Waals surface area contributed by atoms with Gasteiger partial charge >= 0.3 is 5.97 Å². The normalized spacial score (nSPS) is 11.5. The molecule has 9 nitrogen and oxygen atoms in total. The molecule has 0 saturated heterocycles. The van der Waals surface area contributed by atoms with Crippen molar-refractivity contribution in [2.24, 2.45) is 0 Å². The summed E-state index contributed by atoms with van der Waals surface area (Å²) in [6.45, 7) is 2.01. The monoisotopic (exact) mass is 400 g/mol. The van der Waals surface area contributed by atoms with Gasteiger partial charge in [0.05, 0.1) is 4.92 Å². The number of nitro groups is 1. The number of furan rings is 1. The lowest BCUT2D eigenvalue weighted by Crippen LogP contribution is -1.97. The van der Waals surface area contributed by atoms with Gasteiger partial charge in [0.15, 0.2) is 0 Å². The summed E-state index contributed by atoms with van der Waals surface area (Å²) in [6, 6.07) is 9.19. The maximum absolute atomic E-state index is 11.6. The average molecular weight is 400 g/mol.